The summed E-state index contributed by atoms with van der Waals surface area (Å²) in [5, 5.41) is 0. The van der Waals surface area contributed by atoms with Gasteiger partial charge in [-0.15, -0.1) is 0 Å². The zero-order valence-electron chi connectivity index (χ0n) is 13.6. The van der Waals surface area contributed by atoms with E-state index in [4.69, 9.17) is 0 Å². The fourth-order valence-corrected chi connectivity index (χ4v) is 2.10. The summed E-state index contributed by atoms with van der Waals surface area (Å²) in [5.41, 5.74) is 3.49. The van der Waals surface area contributed by atoms with Crippen LogP contribution in [0.4, 0.5) is 0 Å². The predicted octanol–water partition coefficient (Wildman–Crippen LogP) is 6.53. The first kappa shape index (κ1) is 17.5. The fraction of sp³-hybridized carbons (Fsp3) is 0.778. The molecule has 0 bridgehead atoms. The van der Waals surface area contributed by atoms with Gasteiger partial charge < -0.3 is 0 Å². The van der Waals surface area contributed by atoms with Crippen molar-refractivity contribution in [1.82, 2.24) is 0 Å². The molecule has 0 saturated carbocycles. The topological polar surface area (TPSA) is 0 Å². The van der Waals surface area contributed by atoms with E-state index < -0.39 is 0 Å². The van der Waals surface area contributed by atoms with Gasteiger partial charge in [-0.05, 0) is 49.9 Å². The van der Waals surface area contributed by atoms with E-state index in [0.717, 1.165) is 0 Å². The van der Waals surface area contributed by atoms with Gasteiger partial charge in [-0.2, -0.15) is 0 Å². The molecule has 0 saturated heterocycles. The summed E-state index contributed by atoms with van der Waals surface area (Å²) < 4.78 is 0. The zero-order valence-corrected chi connectivity index (χ0v) is 13.6. The van der Waals surface area contributed by atoms with E-state index in [9.17, 15) is 0 Å². The van der Waals surface area contributed by atoms with E-state index in [0.29, 0.717) is 11.3 Å². The maximum atomic E-state index is 4.29. The van der Waals surface area contributed by atoms with Crippen molar-refractivity contribution in [3.63, 3.8) is 0 Å². The summed E-state index contributed by atoms with van der Waals surface area (Å²) >= 11 is 0. The van der Waals surface area contributed by atoms with Crippen molar-refractivity contribution in [1.29, 1.82) is 0 Å². The average Bonchev–Trinajstić information content (AvgIpc) is 2.29. The maximum Gasteiger partial charge on any atom is -0.0231 e. The number of hydrogen-bond acceptors (Lipinski definition) is 0. The molecular formula is C18H34. The van der Waals surface area contributed by atoms with Crippen LogP contribution in [0.5, 0.6) is 0 Å². The van der Waals surface area contributed by atoms with Crippen LogP contribution < -0.4 is 0 Å². The highest BCUT2D eigenvalue weighted by Gasteiger charge is 2.13. The van der Waals surface area contributed by atoms with Gasteiger partial charge in [0, 0.05) is 0 Å². The van der Waals surface area contributed by atoms with Gasteiger partial charge in [0.15, 0.2) is 0 Å². The highest BCUT2D eigenvalue weighted by Crippen LogP contribution is 2.28. The molecule has 0 aromatic heterocycles. The van der Waals surface area contributed by atoms with Crippen molar-refractivity contribution in [3.05, 3.63) is 23.8 Å². The standard InChI is InChI=1S/C18H34/c1-8-10-17(9-2)12-11-15(3)16(4)13-14-18(5,6)7/h10,15H,4,8-9,11-14H2,1-3,5-7H3. The Morgan fingerprint density at radius 2 is 1.78 bits per heavy atom. The molecule has 0 rings (SSSR count). The third kappa shape index (κ3) is 8.55. The van der Waals surface area contributed by atoms with Gasteiger partial charge in [-0.3, -0.25) is 0 Å². The van der Waals surface area contributed by atoms with Crippen LogP contribution in [0.1, 0.15) is 80.1 Å². The van der Waals surface area contributed by atoms with Crippen LogP contribution in [0, 0.1) is 11.3 Å². The van der Waals surface area contributed by atoms with Crippen molar-refractivity contribution >= 4 is 0 Å². The van der Waals surface area contributed by atoms with Crippen LogP contribution in [0.3, 0.4) is 0 Å². The first-order valence-corrected chi connectivity index (χ1v) is 7.65. The molecule has 106 valence electrons. The van der Waals surface area contributed by atoms with Crippen LogP contribution in [-0.4, -0.2) is 0 Å². The summed E-state index contributed by atoms with van der Waals surface area (Å²) in [6.45, 7) is 18.0. The number of rotatable bonds is 8. The normalized spacial score (nSPS) is 14.7. The molecule has 0 spiro atoms. The van der Waals surface area contributed by atoms with Gasteiger partial charge in [0.25, 0.3) is 0 Å². The Hall–Kier alpha value is -0.520. The highest BCUT2D eigenvalue weighted by atomic mass is 14.2. The molecular weight excluding hydrogens is 216 g/mol. The first-order chi connectivity index (χ1) is 8.30. The molecule has 0 aliphatic rings. The Kier molecular flexibility index (Phi) is 8.31. The van der Waals surface area contributed by atoms with E-state index in [1.165, 1.54) is 44.1 Å². The molecule has 1 atom stereocenters. The monoisotopic (exact) mass is 250 g/mol. The molecule has 0 amide bonds. The Bertz CT molecular complexity index is 262. The lowest BCUT2D eigenvalue weighted by atomic mass is 9.84. The molecule has 1 unspecified atom stereocenters. The minimum absolute atomic E-state index is 0.430. The molecule has 0 heteroatoms. The lowest BCUT2D eigenvalue weighted by Gasteiger charge is -2.21. The van der Waals surface area contributed by atoms with Crippen LogP contribution in [0.2, 0.25) is 0 Å². The smallest absolute Gasteiger partial charge is 0.0231 e. The second kappa shape index (κ2) is 8.56. The molecule has 0 fully saturated rings. The summed E-state index contributed by atoms with van der Waals surface area (Å²) in [6, 6.07) is 0. The van der Waals surface area contributed by atoms with Crippen molar-refractivity contribution in [3.8, 4) is 0 Å². The number of hydrogen-bond donors (Lipinski definition) is 0. The molecule has 0 radical (unpaired) electrons. The van der Waals surface area contributed by atoms with Crippen molar-refractivity contribution in [2.24, 2.45) is 11.3 Å². The van der Waals surface area contributed by atoms with Crippen LogP contribution >= 0.6 is 0 Å². The average molecular weight is 250 g/mol. The van der Waals surface area contributed by atoms with Crippen LogP contribution in [0.25, 0.3) is 0 Å². The third-order valence-electron chi connectivity index (χ3n) is 3.74. The van der Waals surface area contributed by atoms with E-state index in [2.05, 4.69) is 54.2 Å². The lowest BCUT2D eigenvalue weighted by Crippen LogP contribution is -2.07. The summed E-state index contributed by atoms with van der Waals surface area (Å²) in [6.07, 6.45) is 9.72. The lowest BCUT2D eigenvalue weighted by molar-refractivity contribution is 0.370. The van der Waals surface area contributed by atoms with E-state index in [1.54, 1.807) is 5.57 Å². The van der Waals surface area contributed by atoms with Gasteiger partial charge >= 0.3 is 0 Å². The number of allylic oxidation sites excluding steroid dienone is 3. The molecule has 0 heterocycles. The Labute approximate surface area is 116 Å². The molecule has 18 heavy (non-hydrogen) atoms. The Balaban J connectivity index is 4.05. The largest absolute Gasteiger partial charge is 0.0996 e. The Morgan fingerprint density at radius 1 is 1.17 bits per heavy atom. The van der Waals surface area contributed by atoms with Gasteiger partial charge in [0.2, 0.25) is 0 Å². The molecule has 0 aromatic carbocycles. The maximum absolute atomic E-state index is 4.29. The van der Waals surface area contributed by atoms with Crippen molar-refractivity contribution in [2.45, 2.75) is 80.1 Å². The fourth-order valence-electron chi connectivity index (χ4n) is 2.10. The molecule has 0 N–H and O–H groups in total. The zero-order chi connectivity index (χ0) is 14.2. The van der Waals surface area contributed by atoms with Gasteiger partial charge in [0.1, 0.15) is 0 Å². The quantitative estimate of drug-likeness (QED) is 0.429. The van der Waals surface area contributed by atoms with Crippen LogP contribution in [0.15, 0.2) is 23.8 Å². The Morgan fingerprint density at radius 3 is 2.22 bits per heavy atom. The molecule has 0 aliphatic carbocycles. The van der Waals surface area contributed by atoms with E-state index in [1.807, 2.05) is 0 Å². The highest BCUT2D eigenvalue weighted by molar-refractivity contribution is 5.05. The van der Waals surface area contributed by atoms with Crippen LogP contribution in [-0.2, 0) is 0 Å². The molecule has 0 aliphatic heterocycles. The second-order valence-electron chi connectivity index (χ2n) is 6.78. The predicted molar refractivity (Wildman–Crippen MR) is 84.9 cm³/mol. The SMILES string of the molecule is C=C(CCC(C)(C)C)C(C)CCC(=CCC)CC. The third-order valence-corrected chi connectivity index (χ3v) is 3.74. The first-order valence-electron chi connectivity index (χ1n) is 7.65. The summed E-state index contributed by atoms with van der Waals surface area (Å²) in [5.74, 6) is 0.666. The van der Waals surface area contributed by atoms with Gasteiger partial charge in [0.05, 0.1) is 0 Å². The van der Waals surface area contributed by atoms with Crippen molar-refractivity contribution < 1.29 is 0 Å². The van der Waals surface area contributed by atoms with Crippen molar-refractivity contribution in [2.75, 3.05) is 0 Å². The molecule has 0 nitrogen and oxygen atoms in total. The van der Waals surface area contributed by atoms with E-state index in [-0.39, 0.29) is 0 Å². The minimum Gasteiger partial charge on any atom is -0.0996 e. The van der Waals surface area contributed by atoms with E-state index >= 15 is 0 Å². The second-order valence-corrected chi connectivity index (χ2v) is 6.78. The molecule has 0 aromatic rings. The summed E-state index contributed by atoms with van der Waals surface area (Å²) in [7, 11) is 0. The summed E-state index contributed by atoms with van der Waals surface area (Å²) in [4.78, 5) is 0. The van der Waals surface area contributed by atoms with Gasteiger partial charge in [-0.1, -0.05) is 65.3 Å². The minimum atomic E-state index is 0.430. The van der Waals surface area contributed by atoms with Gasteiger partial charge in [-0.25, -0.2) is 0 Å².